The lowest BCUT2D eigenvalue weighted by molar-refractivity contribution is -0.145. The Morgan fingerprint density at radius 1 is 1.22 bits per heavy atom. The SMILES string of the molecule is Cc1cc(Br)cc(C2(C(=O)O)CCCCC2)c1C. The molecule has 0 aliphatic heterocycles. The second-order valence-corrected chi connectivity index (χ2v) is 6.26. The van der Waals surface area contributed by atoms with Gasteiger partial charge in [0.2, 0.25) is 0 Å². The summed E-state index contributed by atoms with van der Waals surface area (Å²) in [6, 6.07) is 4.05. The number of rotatable bonds is 2. The van der Waals surface area contributed by atoms with Crippen molar-refractivity contribution in [3.05, 3.63) is 33.3 Å². The van der Waals surface area contributed by atoms with Gasteiger partial charge in [-0.1, -0.05) is 35.2 Å². The molecule has 1 N–H and O–H groups in total. The Labute approximate surface area is 117 Å². The summed E-state index contributed by atoms with van der Waals surface area (Å²) in [6.45, 7) is 4.08. The van der Waals surface area contributed by atoms with Crippen molar-refractivity contribution in [1.82, 2.24) is 0 Å². The van der Waals surface area contributed by atoms with E-state index in [1.54, 1.807) is 0 Å². The molecule has 1 fully saturated rings. The molecule has 0 aromatic heterocycles. The Hall–Kier alpha value is -0.830. The van der Waals surface area contributed by atoms with Crippen LogP contribution in [0.1, 0.15) is 48.8 Å². The zero-order valence-electron chi connectivity index (χ0n) is 10.9. The molecule has 1 aromatic carbocycles. The monoisotopic (exact) mass is 310 g/mol. The third-order valence-corrected chi connectivity index (χ3v) is 4.72. The largest absolute Gasteiger partial charge is 0.481 e. The van der Waals surface area contributed by atoms with Gasteiger partial charge >= 0.3 is 5.97 Å². The third kappa shape index (κ3) is 2.20. The minimum absolute atomic E-state index is 0.664. The first kappa shape index (κ1) is 13.6. The third-order valence-electron chi connectivity index (χ3n) is 4.26. The standard InChI is InChI=1S/C15H19BrO2/c1-10-8-12(16)9-13(11(10)2)15(14(17)18)6-4-3-5-7-15/h8-9H,3-7H2,1-2H3,(H,17,18). The molecule has 18 heavy (non-hydrogen) atoms. The fraction of sp³-hybridized carbons (Fsp3) is 0.533. The molecule has 1 saturated carbocycles. The Kier molecular flexibility index (Phi) is 3.81. The van der Waals surface area contributed by atoms with E-state index in [2.05, 4.69) is 22.0 Å². The maximum absolute atomic E-state index is 11.8. The summed E-state index contributed by atoms with van der Waals surface area (Å²) in [7, 11) is 0. The second kappa shape index (κ2) is 5.04. The predicted octanol–water partition coefficient (Wildman–Crippen LogP) is 4.35. The second-order valence-electron chi connectivity index (χ2n) is 5.34. The molecule has 0 unspecified atom stereocenters. The van der Waals surface area contributed by atoms with Gasteiger partial charge in [-0.25, -0.2) is 0 Å². The summed E-state index contributed by atoms with van der Waals surface area (Å²) in [5, 5.41) is 9.73. The minimum Gasteiger partial charge on any atom is -0.481 e. The van der Waals surface area contributed by atoms with Gasteiger partial charge in [0.1, 0.15) is 0 Å². The molecule has 1 aromatic rings. The Bertz CT molecular complexity index is 474. The molecule has 0 radical (unpaired) electrons. The summed E-state index contributed by atoms with van der Waals surface area (Å²) in [5.74, 6) is -0.664. The molecule has 98 valence electrons. The normalized spacial score (nSPS) is 18.6. The summed E-state index contributed by atoms with van der Waals surface area (Å²) in [6.07, 6.45) is 4.70. The van der Waals surface area contributed by atoms with Gasteiger partial charge in [0.15, 0.2) is 0 Å². The fourth-order valence-corrected chi connectivity index (χ4v) is 3.64. The van der Waals surface area contributed by atoms with Crippen molar-refractivity contribution in [1.29, 1.82) is 0 Å². The average molecular weight is 311 g/mol. The van der Waals surface area contributed by atoms with Crippen molar-refractivity contribution >= 4 is 21.9 Å². The van der Waals surface area contributed by atoms with Crippen LogP contribution in [0.25, 0.3) is 0 Å². The number of aliphatic carboxylic acids is 1. The molecule has 3 heteroatoms. The van der Waals surface area contributed by atoms with E-state index in [4.69, 9.17) is 0 Å². The van der Waals surface area contributed by atoms with Crippen LogP contribution in [-0.2, 0) is 10.2 Å². The molecule has 0 bridgehead atoms. The van der Waals surface area contributed by atoms with E-state index in [1.807, 2.05) is 19.9 Å². The van der Waals surface area contributed by atoms with Crippen LogP contribution in [-0.4, -0.2) is 11.1 Å². The topological polar surface area (TPSA) is 37.3 Å². The van der Waals surface area contributed by atoms with E-state index >= 15 is 0 Å². The Morgan fingerprint density at radius 2 is 1.83 bits per heavy atom. The number of hydrogen-bond acceptors (Lipinski definition) is 1. The summed E-state index contributed by atoms with van der Waals surface area (Å²) < 4.78 is 0.979. The summed E-state index contributed by atoms with van der Waals surface area (Å²) in [5.41, 5.74) is 2.62. The van der Waals surface area contributed by atoms with E-state index in [-0.39, 0.29) is 0 Å². The average Bonchev–Trinajstić information content (AvgIpc) is 2.34. The van der Waals surface area contributed by atoms with Gasteiger partial charge in [-0.15, -0.1) is 0 Å². The van der Waals surface area contributed by atoms with Gasteiger partial charge in [0.25, 0.3) is 0 Å². The highest BCUT2D eigenvalue weighted by atomic mass is 79.9. The van der Waals surface area contributed by atoms with E-state index < -0.39 is 11.4 Å². The molecule has 0 saturated heterocycles. The number of aryl methyl sites for hydroxylation is 1. The smallest absolute Gasteiger partial charge is 0.314 e. The van der Waals surface area contributed by atoms with E-state index in [1.165, 1.54) is 0 Å². The van der Waals surface area contributed by atoms with E-state index in [0.29, 0.717) is 0 Å². The van der Waals surface area contributed by atoms with Gasteiger partial charge in [-0.2, -0.15) is 0 Å². The highest BCUT2D eigenvalue weighted by Gasteiger charge is 2.42. The minimum atomic E-state index is -0.670. The molecule has 1 aliphatic rings. The number of hydrogen-bond donors (Lipinski definition) is 1. The molecule has 2 rings (SSSR count). The Balaban J connectivity index is 2.59. The molecular weight excluding hydrogens is 292 g/mol. The predicted molar refractivity (Wildman–Crippen MR) is 76.0 cm³/mol. The maximum Gasteiger partial charge on any atom is 0.314 e. The summed E-state index contributed by atoms with van der Waals surface area (Å²) in [4.78, 5) is 11.8. The first-order valence-corrected chi connectivity index (χ1v) is 7.27. The zero-order chi connectivity index (χ0) is 13.3. The van der Waals surface area contributed by atoms with Crippen LogP contribution in [0.15, 0.2) is 16.6 Å². The van der Waals surface area contributed by atoms with E-state index in [9.17, 15) is 9.90 Å². The zero-order valence-corrected chi connectivity index (χ0v) is 12.5. The van der Waals surface area contributed by atoms with Gasteiger partial charge < -0.3 is 5.11 Å². The van der Waals surface area contributed by atoms with Crippen molar-refractivity contribution < 1.29 is 9.90 Å². The quantitative estimate of drug-likeness (QED) is 0.881. The number of carboxylic acid groups (broad SMARTS) is 1. The van der Waals surface area contributed by atoms with Crippen LogP contribution in [0.3, 0.4) is 0 Å². The van der Waals surface area contributed by atoms with Crippen molar-refractivity contribution in [2.24, 2.45) is 0 Å². The first-order valence-electron chi connectivity index (χ1n) is 6.48. The highest BCUT2D eigenvalue weighted by molar-refractivity contribution is 9.10. The highest BCUT2D eigenvalue weighted by Crippen LogP contribution is 2.42. The molecule has 0 atom stereocenters. The lowest BCUT2D eigenvalue weighted by Crippen LogP contribution is -2.38. The van der Waals surface area contributed by atoms with Crippen LogP contribution >= 0.6 is 15.9 Å². The van der Waals surface area contributed by atoms with Crippen molar-refractivity contribution in [2.45, 2.75) is 51.4 Å². The van der Waals surface area contributed by atoms with Crippen molar-refractivity contribution in [3.63, 3.8) is 0 Å². The molecule has 1 aliphatic carbocycles. The van der Waals surface area contributed by atoms with Crippen LogP contribution in [0.4, 0.5) is 0 Å². The van der Waals surface area contributed by atoms with Crippen molar-refractivity contribution in [2.75, 3.05) is 0 Å². The van der Waals surface area contributed by atoms with E-state index in [0.717, 1.165) is 53.3 Å². The van der Waals surface area contributed by atoms with Crippen LogP contribution in [0, 0.1) is 13.8 Å². The van der Waals surface area contributed by atoms with Crippen LogP contribution < -0.4 is 0 Å². The molecule has 2 nitrogen and oxygen atoms in total. The maximum atomic E-state index is 11.8. The number of halogens is 1. The van der Waals surface area contributed by atoms with Crippen LogP contribution in [0.2, 0.25) is 0 Å². The molecular formula is C15H19BrO2. The van der Waals surface area contributed by atoms with Crippen LogP contribution in [0.5, 0.6) is 0 Å². The first-order chi connectivity index (χ1) is 8.47. The Morgan fingerprint density at radius 3 is 2.39 bits per heavy atom. The number of carbonyl (C=O) groups is 1. The van der Waals surface area contributed by atoms with Gasteiger partial charge in [0.05, 0.1) is 5.41 Å². The number of benzene rings is 1. The van der Waals surface area contributed by atoms with Crippen molar-refractivity contribution in [3.8, 4) is 0 Å². The van der Waals surface area contributed by atoms with Gasteiger partial charge in [-0.3, -0.25) is 4.79 Å². The molecule has 0 spiro atoms. The van der Waals surface area contributed by atoms with Gasteiger partial charge in [0, 0.05) is 4.47 Å². The lowest BCUT2D eigenvalue weighted by atomic mass is 9.68. The molecule has 0 amide bonds. The van der Waals surface area contributed by atoms with Gasteiger partial charge in [-0.05, 0) is 55.5 Å². The molecule has 0 heterocycles. The number of carboxylic acids is 1. The lowest BCUT2D eigenvalue weighted by Gasteiger charge is -2.35. The summed E-state index contributed by atoms with van der Waals surface area (Å²) >= 11 is 3.49. The fourth-order valence-electron chi connectivity index (χ4n) is 3.07.